The van der Waals surface area contributed by atoms with Gasteiger partial charge in [0.25, 0.3) is 5.91 Å². The van der Waals surface area contributed by atoms with Gasteiger partial charge in [-0.25, -0.2) is 0 Å². The third-order valence-corrected chi connectivity index (χ3v) is 2.16. The van der Waals surface area contributed by atoms with E-state index in [2.05, 4.69) is 15.4 Å². The summed E-state index contributed by atoms with van der Waals surface area (Å²) < 4.78 is 4.63. The van der Waals surface area contributed by atoms with Crippen molar-refractivity contribution in [3.05, 3.63) is 29.8 Å². The molecule has 0 bridgehead atoms. The van der Waals surface area contributed by atoms with Crippen LogP contribution < -0.4 is 10.6 Å². The average molecular weight is 252 g/mol. The van der Waals surface area contributed by atoms with E-state index < -0.39 is 0 Å². The monoisotopic (exact) mass is 252 g/mol. The van der Waals surface area contributed by atoms with Gasteiger partial charge in [0.05, 0.1) is 5.56 Å². The Morgan fingerprint density at radius 1 is 1.22 bits per heavy atom. The summed E-state index contributed by atoms with van der Waals surface area (Å²) in [4.78, 5) is 22.7. The van der Waals surface area contributed by atoms with Gasteiger partial charge in [-0.15, -0.1) is 0 Å². The van der Waals surface area contributed by atoms with E-state index in [9.17, 15) is 14.7 Å². The third-order valence-electron chi connectivity index (χ3n) is 2.16. The third kappa shape index (κ3) is 4.42. The number of methoxy groups -OCH3 is 1. The lowest BCUT2D eigenvalue weighted by molar-refractivity contribution is -0.124. The number of hydrogen-bond donors (Lipinski definition) is 3. The molecule has 1 aromatic rings. The van der Waals surface area contributed by atoms with Crippen LogP contribution in [-0.4, -0.2) is 43.7 Å². The van der Waals surface area contributed by atoms with Gasteiger partial charge in [0, 0.05) is 20.2 Å². The largest absolute Gasteiger partial charge is 0.507 e. The van der Waals surface area contributed by atoms with Crippen LogP contribution in [0.15, 0.2) is 24.3 Å². The number of carbonyl (C=O) groups excluding carboxylic acids is 2. The first-order chi connectivity index (χ1) is 8.65. The SMILES string of the molecule is COCC(=O)NCCNC(=O)c1ccccc1O. The molecule has 2 amide bonds. The Morgan fingerprint density at radius 2 is 1.89 bits per heavy atom. The molecule has 0 aliphatic carbocycles. The van der Waals surface area contributed by atoms with E-state index in [1.54, 1.807) is 12.1 Å². The lowest BCUT2D eigenvalue weighted by Crippen LogP contribution is -2.36. The summed E-state index contributed by atoms with van der Waals surface area (Å²) >= 11 is 0. The van der Waals surface area contributed by atoms with Crippen molar-refractivity contribution in [3.8, 4) is 5.75 Å². The molecule has 0 saturated heterocycles. The molecule has 0 spiro atoms. The summed E-state index contributed by atoms with van der Waals surface area (Å²) in [7, 11) is 1.43. The van der Waals surface area contributed by atoms with Gasteiger partial charge in [-0.2, -0.15) is 0 Å². The van der Waals surface area contributed by atoms with Gasteiger partial charge in [-0.3, -0.25) is 9.59 Å². The van der Waals surface area contributed by atoms with E-state index in [1.165, 1.54) is 19.2 Å². The number of phenolic OH excluding ortho intramolecular Hbond substituents is 1. The number of hydrogen-bond acceptors (Lipinski definition) is 4. The molecule has 1 aromatic carbocycles. The van der Waals surface area contributed by atoms with Crippen molar-refractivity contribution in [3.63, 3.8) is 0 Å². The summed E-state index contributed by atoms with van der Waals surface area (Å²) in [5, 5.41) is 14.6. The molecule has 0 aliphatic heterocycles. The highest BCUT2D eigenvalue weighted by molar-refractivity contribution is 5.96. The zero-order chi connectivity index (χ0) is 13.4. The maximum absolute atomic E-state index is 11.6. The fourth-order valence-electron chi connectivity index (χ4n) is 1.32. The molecular weight excluding hydrogens is 236 g/mol. The number of phenols is 1. The molecule has 6 nitrogen and oxygen atoms in total. The van der Waals surface area contributed by atoms with Crippen LogP contribution in [0.25, 0.3) is 0 Å². The van der Waals surface area contributed by atoms with Gasteiger partial charge in [0.1, 0.15) is 12.4 Å². The van der Waals surface area contributed by atoms with E-state index in [0.29, 0.717) is 6.54 Å². The number of para-hydroxylation sites is 1. The van der Waals surface area contributed by atoms with Gasteiger partial charge in [0.2, 0.25) is 5.91 Å². The minimum atomic E-state index is -0.380. The summed E-state index contributed by atoms with van der Waals surface area (Å²) in [6.45, 7) is 0.581. The van der Waals surface area contributed by atoms with E-state index >= 15 is 0 Å². The number of amides is 2. The standard InChI is InChI=1S/C12H16N2O4/c1-18-8-11(16)13-6-7-14-12(17)9-4-2-3-5-10(9)15/h2-5,15H,6-8H2,1H3,(H,13,16)(H,14,17). The van der Waals surface area contributed by atoms with Crippen molar-refractivity contribution in [1.29, 1.82) is 0 Å². The minimum Gasteiger partial charge on any atom is -0.507 e. The number of nitrogens with one attached hydrogen (secondary N) is 2. The van der Waals surface area contributed by atoms with Crippen LogP contribution in [0.1, 0.15) is 10.4 Å². The van der Waals surface area contributed by atoms with Crippen molar-refractivity contribution >= 4 is 11.8 Å². The molecule has 0 heterocycles. The molecule has 6 heteroatoms. The second-order valence-electron chi connectivity index (χ2n) is 3.56. The zero-order valence-electron chi connectivity index (χ0n) is 10.1. The number of aromatic hydroxyl groups is 1. The van der Waals surface area contributed by atoms with Crippen LogP contribution in [0.2, 0.25) is 0 Å². The molecule has 0 atom stereocenters. The molecule has 98 valence electrons. The predicted octanol–water partition coefficient (Wildman–Crippen LogP) is -0.115. The normalized spacial score (nSPS) is 9.83. The molecule has 3 N–H and O–H groups in total. The number of ether oxygens (including phenoxy) is 1. The molecule has 0 unspecified atom stereocenters. The number of rotatable bonds is 6. The first-order valence-corrected chi connectivity index (χ1v) is 5.47. The Balaban J connectivity index is 2.30. The highest BCUT2D eigenvalue weighted by atomic mass is 16.5. The molecule has 0 radical (unpaired) electrons. The number of carbonyl (C=O) groups is 2. The topological polar surface area (TPSA) is 87.7 Å². The minimum absolute atomic E-state index is 0.00653. The maximum atomic E-state index is 11.6. The Hall–Kier alpha value is -2.08. The lowest BCUT2D eigenvalue weighted by atomic mass is 10.2. The van der Waals surface area contributed by atoms with Crippen molar-refractivity contribution in [2.45, 2.75) is 0 Å². The molecule has 0 aromatic heterocycles. The van der Waals surface area contributed by atoms with Crippen LogP contribution in [0, 0.1) is 0 Å². The zero-order valence-corrected chi connectivity index (χ0v) is 10.1. The van der Waals surface area contributed by atoms with Gasteiger partial charge in [-0.05, 0) is 12.1 Å². The molecule has 0 aliphatic rings. The quantitative estimate of drug-likeness (QED) is 0.616. The van der Waals surface area contributed by atoms with Crippen LogP contribution in [-0.2, 0) is 9.53 Å². The van der Waals surface area contributed by atoms with Crippen LogP contribution in [0.5, 0.6) is 5.75 Å². The molecule has 18 heavy (non-hydrogen) atoms. The second-order valence-corrected chi connectivity index (χ2v) is 3.56. The van der Waals surface area contributed by atoms with Crippen molar-refractivity contribution in [2.24, 2.45) is 0 Å². The smallest absolute Gasteiger partial charge is 0.255 e. The Morgan fingerprint density at radius 3 is 2.56 bits per heavy atom. The molecule has 1 rings (SSSR count). The van der Waals surface area contributed by atoms with Crippen molar-refractivity contribution < 1.29 is 19.4 Å². The van der Waals surface area contributed by atoms with E-state index in [1.807, 2.05) is 0 Å². The van der Waals surface area contributed by atoms with Crippen molar-refractivity contribution in [2.75, 3.05) is 26.8 Å². The fraction of sp³-hybridized carbons (Fsp3) is 0.333. The van der Waals surface area contributed by atoms with Gasteiger partial charge >= 0.3 is 0 Å². The molecule has 0 fully saturated rings. The van der Waals surface area contributed by atoms with Crippen LogP contribution >= 0.6 is 0 Å². The lowest BCUT2D eigenvalue weighted by Gasteiger charge is -2.07. The molecular formula is C12H16N2O4. The fourth-order valence-corrected chi connectivity index (χ4v) is 1.32. The Labute approximate surface area is 105 Å². The highest BCUT2D eigenvalue weighted by Gasteiger charge is 2.09. The first-order valence-electron chi connectivity index (χ1n) is 5.47. The summed E-state index contributed by atoms with van der Waals surface area (Å²) in [6, 6.07) is 6.26. The summed E-state index contributed by atoms with van der Waals surface area (Å²) in [5.74, 6) is -0.693. The van der Waals surface area contributed by atoms with E-state index in [-0.39, 0.29) is 36.3 Å². The number of benzene rings is 1. The van der Waals surface area contributed by atoms with E-state index in [0.717, 1.165) is 0 Å². The predicted molar refractivity (Wildman–Crippen MR) is 65.3 cm³/mol. The molecule has 0 saturated carbocycles. The Bertz CT molecular complexity index is 420. The highest BCUT2D eigenvalue weighted by Crippen LogP contribution is 2.14. The second kappa shape index (κ2) is 7.29. The van der Waals surface area contributed by atoms with Gasteiger partial charge < -0.3 is 20.5 Å². The van der Waals surface area contributed by atoms with Crippen LogP contribution in [0.3, 0.4) is 0 Å². The first kappa shape index (κ1) is 14.0. The van der Waals surface area contributed by atoms with E-state index in [4.69, 9.17) is 0 Å². The van der Waals surface area contributed by atoms with Gasteiger partial charge in [-0.1, -0.05) is 12.1 Å². The summed E-state index contributed by atoms with van der Waals surface area (Å²) in [5.41, 5.74) is 0.209. The maximum Gasteiger partial charge on any atom is 0.255 e. The van der Waals surface area contributed by atoms with Gasteiger partial charge in [0.15, 0.2) is 0 Å². The summed E-state index contributed by atoms with van der Waals surface area (Å²) in [6.07, 6.45) is 0. The average Bonchev–Trinajstić information content (AvgIpc) is 2.35. The van der Waals surface area contributed by atoms with Crippen LogP contribution in [0.4, 0.5) is 0 Å². The van der Waals surface area contributed by atoms with Crippen molar-refractivity contribution in [1.82, 2.24) is 10.6 Å². The Kier molecular flexibility index (Phi) is 5.66.